The first-order valence-electron chi connectivity index (χ1n) is 5.93. The standard InChI is InChI=1S/C12H19N3O3S/c1-10(16)14-6-7-15-19(17,18)9-12-5-3-2-4-11(12)8-13/h2-5,15H,6-9,13H2,1H3,(H,14,16). The Kier molecular flexibility index (Phi) is 5.94. The van der Waals surface area contributed by atoms with Gasteiger partial charge in [0.2, 0.25) is 15.9 Å². The summed E-state index contributed by atoms with van der Waals surface area (Å²) in [6.45, 7) is 2.13. The van der Waals surface area contributed by atoms with E-state index in [4.69, 9.17) is 5.73 Å². The normalized spacial score (nSPS) is 11.3. The second-order valence-electron chi connectivity index (χ2n) is 4.11. The van der Waals surface area contributed by atoms with Crippen LogP contribution in [0.4, 0.5) is 0 Å². The minimum atomic E-state index is -3.42. The Labute approximate surface area is 113 Å². The molecule has 19 heavy (non-hydrogen) atoms. The Hall–Kier alpha value is -1.44. The largest absolute Gasteiger partial charge is 0.355 e. The van der Waals surface area contributed by atoms with Crippen molar-refractivity contribution in [2.75, 3.05) is 13.1 Å². The number of nitrogens with two attached hydrogens (primary N) is 1. The van der Waals surface area contributed by atoms with Crippen LogP contribution in [0.5, 0.6) is 0 Å². The molecule has 0 aliphatic rings. The van der Waals surface area contributed by atoms with E-state index in [0.717, 1.165) is 5.56 Å². The van der Waals surface area contributed by atoms with E-state index >= 15 is 0 Å². The summed E-state index contributed by atoms with van der Waals surface area (Å²) in [5, 5.41) is 2.52. The number of benzene rings is 1. The van der Waals surface area contributed by atoms with E-state index < -0.39 is 10.0 Å². The Morgan fingerprint density at radius 2 is 1.84 bits per heavy atom. The van der Waals surface area contributed by atoms with E-state index in [1.807, 2.05) is 12.1 Å². The van der Waals surface area contributed by atoms with Gasteiger partial charge in [-0.1, -0.05) is 24.3 Å². The predicted octanol–water partition coefficient (Wildman–Crippen LogP) is -0.299. The first kappa shape index (κ1) is 15.6. The number of carbonyl (C=O) groups is 1. The summed E-state index contributed by atoms with van der Waals surface area (Å²) >= 11 is 0. The summed E-state index contributed by atoms with van der Waals surface area (Å²) in [7, 11) is -3.42. The summed E-state index contributed by atoms with van der Waals surface area (Å²) in [5.41, 5.74) is 7.07. The summed E-state index contributed by atoms with van der Waals surface area (Å²) in [6, 6.07) is 7.15. The molecule has 6 nitrogen and oxygen atoms in total. The van der Waals surface area contributed by atoms with Crippen molar-refractivity contribution in [3.05, 3.63) is 35.4 Å². The van der Waals surface area contributed by atoms with E-state index in [2.05, 4.69) is 10.0 Å². The lowest BCUT2D eigenvalue weighted by atomic mass is 10.1. The van der Waals surface area contributed by atoms with Gasteiger partial charge >= 0.3 is 0 Å². The molecule has 0 fully saturated rings. The monoisotopic (exact) mass is 285 g/mol. The van der Waals surface area contributed by atoms with Crippen LogP contribution in [0.25, 0.3) is 0 Å². The molecule has 1 aromatic carbocycles. The van der Waals surface area contributed by atoms with Gasteiger partial charge in [0.1, 0.15) is 0 Å². The molecule has 0 unspecified atom stereocenters. The van der Waals surface area contributed by atoms with Gasteiger partial charge in [0, 0.05) is 26.6 Å². The molecule has 1 aromatic rings. The van der Waals surface area contributed by atoms with Crippen molar-refractivity contribution in [1.29, 1.82) is 0 Å². The van der Waals surface area contributed by atoms with E-state index in [0.29, 0.717) is 12.1 Å². The molecule has 0 radical (unpaired) electrons. The molecule has 0 aromatic heterocycles. The fourth-order valence-electron chi connectivity index (χ4n) is 1.60. The minimum absolute atomic E-state index is 0.111. The van der Waals surface area contributed by atoms with Crippen LogP contribution in [0.15, 0.2) is 24.3 Å². The van der Waals surface area contributed by atoms with Crippen LogP contribution in [-0.4, -0.2) is 27.4 Å². The first-order chi connectivity index (χ1) is 8.94. The molecule has 106 valence electrons. The second-order valence-corrected chi connectivity index (χ2v) is 5.92. The van der Waals surface area contributed by atoms with Crippen LogP contribution < -0.4 is 15.8 Å². The highest BCUT2D eigenvalue weighted by Crippen LogP contribution is 2.11. The topological polar surface area (TPSA) is 101 Å². The molecule has 7 heteroatoms. The van der Waals surface area contributed by atoms with Crippen molar-refractivity contribution >= 4 is 15.9 Å². The Morgan fingerprint density at radius 1 is 1.21 bits per heavy atom. The number of rotatable bonds is 7. The molecule has 0 saturated carbocycles. The van der Waals surface area contributed by atoms with E-state index in [1.54, 1.807) is 12.1 Å². The van der Waals surface area contributed by atoms with Crippen molar-refractivity contribution in [3.8, 4) is 0 Å². The maximum Gasteiger partial charge on any atom is 0.216 e. The average Bonchev–Trinajstić information content (AvgIpc) is 2.35. The van der Waals surface area contributed by atoms with Crippen molar-refractivity contribution in [1.82, 2.24) is 10.0 Å². The van der Waals surface area contributed by atoms with Crippen LogP contribution in [-0.2, 0) is 27.1 Å². The maximum atomic E-state index is 11.8. The highest BCUT2D eigenvalue weighted by molar-refractivity contribution is 7.88. The summed E-state index contributed by atoms with van der Waals surface area (Å²) < 4.78 is 26.1. The van der Waals surface area contributed by atoms with Crippen LogP contribution in [0, 0.1) is 0 Å². The van der Waals surface area contributed by atoms with Crippen molar-refractivity contribution in [3.63, 3.8) is 0 Å². The van der Waals surface area contributed by atoms with Gasteiger partial charge in [-0.2, -0.15) is 0 Å². The minimum Gasteiger partial charge on any atom is -0.355 e. The SMILES string of the molecule is CC(=O)NCCNS(=O)(=O)Cc1ccccc1CN. The summed E-state index contributed by atoms with van der Waals surface area (Å²) in [4.78, 5) is 10.6. The lowest BCUT2D eigenvalue weighted by Gasteiger charge is -2.10. The molecule has 0 atom stereocenters. The zero-order valence-corrected chi connectivity index (χ0v) is 11.7. The fraction of sp³-hybridized carbons (Fsp3) is 0.417. The average molecular weight is 285 g/mol. The van der Waals surface area contributed by atoms with Gasteiger partial charge in [-0.05, 0) is 11.1 Å². The first-order valence-corrected chi connectivity index (χ1v) is 7.58. The highest BCUT2D eigenvalue weighted by Gasteiger charge is 2.12. The van der Waals surface area contributed by atoms with Crippen LogP contribution in [0.1, 0.15) is 18.1 Å². The lowest BCUT2D eigenvalue weighted by Crippen LogP contribution is -2.34. The second kappa shape index (κ2) is 7.22. The van der Waals surface area contributed by atoms with Crippen LogP contribution in [0.2, 0.25) is 0 Å². The molecule has 0 aliphatic heterocycles. The smallest absolute Gasteiger partial charge is 0.216 e. The maximum absolute atomic E-state index is 11.8. The zero-order valence-electron chi connectivity index (χ0n) is 10.8. The van der Waals surface area contributed by atoms with E-state index in [1.165, 1.54) is 6.92 Å². The van der Waals surface area contributed by atoms with Gasteiger partial charge in [0.25, 0.3) is 0 Å². The molecular formula is C12H19N3O3S. The fourth-order valence-corrected chi connectivity index (χ4v) is 2.80. The Balaban J connectivity index is 2.56. The quantitative estimate of drug-likeness (QED) is 0.599. The van der Waals surface area contributed by atoms with Crippen molar-refractivity contribution in [2.45, 2.75) is 19.2 Å². The number of sulfonamides is 1. The number of nitrogens with one attached hydrogen (secondary N) is 2. The number of hydrogen-bond donors (Lipinski definition) is 3. The molecule has 1 rings (SSSR count). The van der Waals surface area contributed by atoms with Gasteiger partial charge < -0.3 is 11.1 Å². The van der Waals surface area contributed by atoms with E-state index in [9.17, 15) is 13.2 Å². The summed E-state index contributed by atoms with van der Waals surface area (Å²) in [5.74, 6) is -0.298. The van der Waals surface area contributed by atoms with Crippen LogP contribution in [0.3, 0.4) is 0 Å². The van der Waals surface area contributed by atoms with Gasteiger partial charge in [-0.25, -0.2) is 13.1 Å². The third-order valence-electron chi connectivity index (χ3n) is 2.50. The third-order valence-corrected chi connectivity index (χ3v) is 3.84. The van der Waals surface area contributed by atoms with Gasteiger partial charge in [0.05, 0.1) is 5.75 Å². The molecule has 0 heterocycles. The Morgan fingerprint density at radius 3 is 2.42 bits per heavy atom. The van der Waals surface area contributed by atoms with Crippen molar-refractivity contribution < 1.29 is 13.2 Å². The molecule has 0 saturated heterocycles. The van der Waals surface area contributed by atoms with Gasteiger partial charge in [-0.15, -0.1) is 0 Å². The molecule has 4 N–H and O–H groups in total. The predicted molar refractivity (Wildman–Crippen MR) is 73.6 cm³/mol. The van der Waals surface area contributed by atoms with Gasteiger partial charge in [0.15, 0.2) is 0 Å². The molecule has 0 bridgehead atoms. The molecule has 0 spiro atoms. The zero-order chi connectivity index (χ0) is 14.3. The number of carbonyl (C=O) groups excluding carboxylic acids is 1. The lowest BCUT2D eigenvalue weighted by molar-refractivity contribution is -0.118. The van der Waals surface area contributed by atoms with Gasteiger partial charge in [-0.3, -0.25) is 4.79 Å². The molecule has 1 amide bonds. The molecular weight excluding hydrogens is 266 g/mol. The van der Waals surface area contributed by atoms with Crippen molar-refractivity contribution in [2.24, 2.45) is 5.73 Å². The highest BCUT2D eigenvalue weighted by atomic mass is 32.2. The third kappa shape index (κ3) is 5.82. The number of hydrogen-bond acceptors (Lipinski definition) is 4. The molecule has 0 aliphatic carbocycles. The Bertz CT molecular complexity index is 529. The van der Waals surface area contributed by atoms with E-state index in [-0.39, 0.29) is 24.7 Å². The number of amides is 1. The van der Waals surface area contributed by atoms with Crippen LogP contribution >= 0.6 is 0 Å². The summed E-state index contributed by atoms with van der Waals surface area (Å²) in [6.07, 6.45) is 0.